The van der Waals surface area contributed by atoms with E-state index in [2.05, 4.69) is 0 Å². The van der Waals surface area contributed by atoms with Crippen molar-refractivity contribution in [2.75, 3.05) is 6.61 Å². The van der Waals surface area contributed by atoms with Gasteiger partial charge in [-0.1, -0.05) is 110 Å². The van der Waals surface area contributed by atoms with Crippen molar-refractivity contribution in [1.29, 1.82) is 0 Å². The lowest BCUT2D eigenvalue weighted by molar-refractivity contribution is -0.193. The van der Waals surface area contributed by atoms with Gasteiger partial charge in [0, 0.05) is 5.92 Å². The summed E-state index contributed by atoms with van der Waals surface area (Å²) in [6, 6.07) is 10.0. The van der Waals surface area contributed by atoms with Crippen molar-refractivity contribution in [2.24, 2.45) is 45.3 Å². The summed E-state index contributed by atoms with van der Waals surface area (Å²) in [6.07, 6.45) is 26.6. The van der Waals surface area contributed by atoms with E-state index in [4.69, 9.17) is 37.9 Å². The van der Waals surface area contributed by atoms with Crippen molar-refractivity contribution in [2.45, 2.75) is 349 Å². The minimum absolute atomic E-state index is 0.278. The zero-order valence-electron chi connectivity index (χ0n) is 60.3. The van der Waals surface area contributed by atoms with Crippen molar-refractivity contribution in [3.63, 3.8) is 0 Å². The quantitative estimate of drug-likeness (QED) is 0.0944. The molecule has 0 radical (unpaired) electrons. The second-order valence-corrected chi connectivity index (χ2v) is 31.2. The minimum atomic E-state index is -0.959. The minimum Gasteiger partial charge on any atom is -0.456 e. The fourth-order valence-corrected chi connectivity index (χ4v) is 14.2. The maximum Gasteiger partial charge on any atom is 0.348 e. The van der Waals surface area contributed by atoms with Gasteiger partial charge >= 0.3 is 47.8 Å². The first-order valence-electron chi connectivity index (χ1n) is 36.8. The average Bonchev–Trinajstić information content (AvgIpc) is 1.76. The molecular formula is C77H122O17. The Morgan fingerprint density at radius 2 is 0.809 bits per heavy atom. The van der Waals surface area contributed by atoms with Gasteiger partial charge in [0.15, 0.2) is 24.4 Å². The molecule has 17 heteroatoms. The zero-order valence-corrected chi connectivity index (χ0v) is 60.3. The van der Waals surface area contributed by atoms with E-state index in [0.717, 1.165) is 95.5 Å². The van der Waals surface area contributed by atoms with E-state index in [-0.39, 0.29) is 47.7 Å². The number of rotatable bonds is 20. The first kappa shape index (κ1) is 77.9. The summed E-state index contributed by atoms with van der Waals surface area (Å²) < 4.78 is 45.8. The van der Waals surface area contributed by atoms with Gasteiger partial charge in [0.25, 0.3) is 0 Å². The number of cyclic esters (lactones) is 4. The lowest BCUT2D eigenvalue weighted by Crippen LogP contribution is -2.50. The Kier molecular flexibility index (Phi) is 28.1. The summed E-state index contributed by atoms with van der Waals surface area (Å²) in [6.45, 7) is 26.2. The fourth-order valence-electron chi connectivity index (χ4n) is 14.2. The van der Waals surface area contributed by atoms with E-state index < -0.39 is 75.2 Å². The molecule has 532 valence electrons. The molecule has 17 nitrogen and oxygen atoms in total. The maximum atomic E-state index is 13.2. The molecule has 1 aromatic carbocycles. The highest BCUT2D eigenvalue weighted by molar-refractivity contribution is 5.85. The SMILES string of the molecule is CCC(C)(C)C(=O)OC1CCCC(C)(C2CC2)OC1=O.CCC(C)(C)C(=O)OC1CCCC(C2CCCCC2)(C2CCCCC2)OC1=O.CCC(C)(C)C(=O)OC1CCCC(c2ccccc2)(C2CC2)OC1=O.CCC1(CC)CCCC(OC(=O)C(C)(CC)CO)C(=O)O1. The largest absolute Gasteiger partial charge is 0.456 e. The smallest absolute Gasteiger partial charge is 0.348 e. The van der Waals surface area contributed by atoms with E-state index in [0.29, 0.717) is 75.0 Å². The molecule has 0 spiro atoms. The molecular weight excluding hydrogens is 1200 g/mol. The Bertz CT molecular complexity index is 2630. The van der Waals surface area contributed by atoms with Crippen LogP contribution in [0.1, 0.15) is 308 Å². The van der Waals surface area contributed by atoms with Gasteiger partial charge in [-0.15, -0.1) is 0 Å². The molecule has 8 aliphatic rings. The lowest BCUT2D eigenvalue weighted by Gasteiger charge is -2.48. The van der Waals surface area contributed by atoms with Gasteiger partial charge in [0.1, 0.15) is 22.4 Å². The standard InChI is InChI=1S/C24H40O4.C21H28O4.C16H28O5.C16H26O4/c1-4-23(2,3)22(26)27-20-16-11-17-24(28-21(20)25,18-12-7-5-8-13-18)19-14-9-6-10-15-19;1-4-20(2,3)19(23)24-17-11-8-14-21(16-12-13-16,25-18(17)22)15-9-6-5-7-10-15;1-5-15(4,11-17)14(19)20-12-9-8-10-16(6-2,7-3)21-13(12)18;1-5-15(2,3)14(18)19-12-7-6-10-16(4,11-8-9-11)20-13(12)17/h18-20H,4-17H2,1-3H3;5-7,9-10,16-17H,4,8,11-14H2,1-3H3;12,17H,5-11H2,1-4H3;11-12H,5-10H2,1-4H3. The fraction of sp³-hybridized carbons (Fsp3) is 0.818. The van der Waals surface area contributed by atoms with E-state index in [9.17, 15) is 43.5 Å². The number of esters is 8. The van der Waals surface area contributed by atoms with Crippen LogP contribution < -0.4 is 0 Å². The van der Waals surface area contributed by atoms with Crippen molar-refractivity contribution >= 4 is 47.8 Å². The third kappa shape index (κ3) is 19.8. The van der Waals surface area contributed by atoms with Gasteiger partial charge < -0.3 is 43.0 Å². The summed E-state index contributed by atoms with van der Waals surface area (Å²) >= 11 is 0. The Balaban J connectivity index is 0.000000200. The molecule has 0 aromatic heterocycles. The topological polar surface area (TPSA) is 231 Å². The van der Waals surface area contributed by atoms with Gasteiger partial charge in [0.2, 0.25) is 0 Å². The first-order chi connectivity index (χ1) is 44.4. The molecule has 4 saturated heterocycles. The number of carbonyl (C=O) groups is 8. The van der Waals surface area contributed by atoms with E-state index in [1.165, 1.54) is 64.2 Å². The highest BCUT2D eigenvalue weighted by Gasteiger charge is 2.54. The Morgan fingerprint density at radius 3 is 1.21 bits per heavy atom. The monoisotopic (exact) mass is 1320 g/mol. The number of benzene rings is 1. The second kappa shape index (κ2) is 33.9. The molecule has 94 heavy (non-hydrogen) atoms. The molecule has 7 unspecified atom stereocenters. The van der Waals surface area contributed by atoms with Crippen LogP contribution in [0, 0.1) is 45.3 Å². The second-order valence-electron chi connectivity index (χ2n) is 31.2. The number of hydrogen-bond acceptors (Lipinski definition) is 17. The van der Waals surface area contributed by atoms with Gasteiger partial charge in [-0.2, -0.15) is 0 Å². The van der Waals surface area contributed by atoms with Crippen LogP contribution in [0.15, 0.2) is 30.3 Å². The Morgan fingerprint density at radius 1 is 0.426 bits per heavy atom. The molecule has 9 rings (SSSR count). The van der Waals surface area contributed by atoms with Crippen molar-refractivity contribution < 1.29 is 81.4 Å². The predicted molar refractivity (Wildman–Crippen MR) is 358 cm³/mol. The molecule has 4 aliphatic carbocycles. The third-order valence-electron chi connectivity index (χ3n) is 23.3. The highest BCUT2D eigenvalue weighted by atomic mass is 16.6. The van der Waals surface area contributed by atoms with Crippen molar-refractivity contribution in [3.8, 4) is 0 Å². The van der Waals surface area contributed by atoms with Crippen molar-refractivity contribution in [3.05, 3.63) is 35.9 Å². The maximum absolute atomic E-state index is 13.2. The molecule has 0 amide bonds. The lowest BCUT2D eigenvalue weighted by atomic mass is 9.64. The van der Waals surface area contributed by atoms with Crippen LogP contribution >= 0.6 is 0 Å². The molecule has 4 heterocycles. The molecule has 4 saturated carbocycles. The van der Waals surface area contributed by atoms with Gasteiger partial charge in [-0.05, 0) is 246 Å². The molecule has 7 atom stereocenters. The summed E-state index contributed by atoms with van der Waals surface area (Å²) in [5.74, 6) is -1.11. The third-order valence-corrected chi connectivity index (χ3v) is 23.3. The number of aliphatic hydroxyl groups is 1. The average molecular weight is 1320 g/mol. The molecule has 1 N–H and O–H groups in total. The Hall–Kier alpha value is -5.06. The molecule has 0 bridgehead atoms. The van der Waals surface area contributed by atoms with Crippen LogP contribution in [-0.2, 0) is 81.9 Å². The summed E-state index contributed by atoms with van der Waals surface area (Å²) in [4.78, 5) is 99.6. The number of carbonyl (C=O) groups excluding carboxylic acids is 8. The number of aliphatic hydroxyl groups excluding tert-OH is 1. The predicted octanol–water partition coefficient (Wildman–Crippen LogP) is 16.2. The zero-order chi connectivity index (χ0) is 69.3. The van der Waals surface area contributed by atoms with E-state index in [1.54, 1.807) is 6.92 Å². The van der Waals surface area contributed by atoms with Crippen LogP contribution in [0.3, 0.4) is 0 Å². The highest BCUT2D eigenvalue weighted by Crippen LogP contribution is 2.53. The molecule has 1 aromatic rings. The van der Waals surface area contributed by atoms with Crippen LogP contribution in [0.4, 0.5) is 0 Å². The molecule has 8 fully saturated rings. The summed E-state index contributed by atoms with van der Waals surface area (Å²) in [7, 11) is 0. The van der Waals surface area contributed by atoms with Gasteiger partial charge in [0.05, 0.1) is 28.3 Å². The number of ether oxygens (including phenoxy) is 8. The summed E-state index contributed by atoms with van der Waals surface area (Å²) in [5, 5.41) is 9.35. The van der Waals surface area contributed by atoms with Crippen molar-refractivity contribution in [1.82, 2.24) is 0 Å². The summed E-state index contributed by atoms with van der Waals surface area (Å²) in [5.41, 5.74) is -3.24. The Labute approximate surface area is 563 Å². The van der Waals surface area contributed by atoms with Crippen LogP contribution in [-0.4, -0.2) is 101 Å². The van der Waals surface area contributed by atoms with Crippen LogP contribution in [0.2, 0.25) is 0 Å². The first-order valence-corrected chi connectivity index (χ1v) is 36.8. The van der Waals surface area contributed by atoms with Gasteiger partial charge in [-0.25, -0.2) is 19.2 Å². The van der Waals surface area contributed by atoms with Gasteiger partial charge in [-0.3, -0.25) is 19.2 Å². The number of hydrogen-bond donors (Lipinski definition) is 1. The van der Waals surface area contributed by atoms with Crippen LogP contribution in [0.25, 0.3) is 0 Å². The van der Waals surface area contributed by atoms with E-state index >= 15 is 0 Å². The normalized spacial score (nSPS) is 27.7. The molecule has 4 aliphatic heterocycles. The van der Waals surface area contributed by atoms with E-state index in [1.807, 2.05) is 120 Å². The van der Waals surface area contributed by atoms with Crippen LogP contribution in [0.5, 0.6) is 0 Å².